The fourth-order valence-electron chi connectivity index (χ4n) is 3.02. The van der Waals surface area contributed by atoms with Crippen LogP contribution in [0.25, 0.3) is 0 Å². The Morgan fingerprint density at radius 3 is 2.83 bits per heavy atom. The Balaban J connectivity index is 1.81. The fourth-order valence-corrected chi connectivity index (χ4v) is 4.41. The third-order valence-electron chi connectivity index (χ3n) is 4.17. The second-order valence-electron chi connectivity index (χ2n) is 5.75. The Bertz CT molecular complexity index is 584. The summed E-state index contributed by atoms with van der Waals surface area (Å²) in [7, 11) is 1.57. The van der Waals surface area contributed by atoms with E-state index < -0.39 is 12.3 Å². The van der Waals surface area contributed by atoms with Crippen LogP contribution in [0.1, 0.15) is 12.5 Å². The van der Waals surface area contributed by atoms with Gasteiger partial charge in [-0.15, -0.1) is 11.8 Å². The Hall–Kier alpha value is -1.28. The third kappa shape index (κ3) is 3.85. The van der Waals surface area contributed by atoms with Crippen molar-refractivity contribution in [3.8, 4) is 0 Å². The summed E-state index contributed by atoms with van der Waals surface area (Å²) in [5, 5.41) is 4.01. The van der Waals surface area contributed by atoms with Crippen molar-refractivity contribution in [3.63, 3.8) is 0 Å². The molecule has 0 saturated carbocycles. The van der Waals surface area contributed by atoms with E-state index in [0.29, 0.717) is 6.61 Å². The molecule has 2 aliphatic heterocycles. The van der Waals surface area contributed by atoms with E-state index in [1.165, 1.54) is 5.56 Å². The van der Waals surface area contributed by atoms with E-state index in [1.54, 1.807) is 18.9 Å². The standard InChI is InChI=1S/C16H22N3O4S/c1-10-21-8-12-14(22-10)15(13(18-19-17)16(20-2)23-12)24-9-11-6-4-3-5-7-11/h3-7,10,12-17H,8-9H2,1-2H3/q+1. The van der Waals surface area contributed by atoms with Crippen LogP contribution in [0.4, 0.5) is 0 Å². The fraction of sp³-hybridized carbons (Fsp3) is 0.625. The van der Waals surface area contributed by atoms with Gasteiger partial charge in [0.05, 0.1) is 11.9 Å². The van der Waals surface area contributed by atoms with Crippen LogP contribution in [-0.4, -0.2) is 49.8 Å². The summed E-state index contributed by atoms with van der Waals surface area (Å²) < 4.78 is 22.9. The number of thioether (sulfide) groups is 1. The predicted octanol–water partition coefficient (Wildman–Crippen LogP) is 2.34. The highest BCUT2D eigenvalue weighted by Gasteiger charge is 2.52. The van der Waals surface area contributed by atoms with Crippen LogP contribution in [0.3, 0.4) is 0 Å². The smallest absolute Gasteiger partial charge is 0.214 e. The van der Waals surface area contributed by atoms with Crippen molar-refractivity contribution in [2.75, 3.05) is 13.7 Å². The maximum Gasteiger partial charge on any atom is 0.214 e. The van der Waals surface area contributed by atoms with Crippen molar-refractivity contribution in [2.45, 2.75) is 48.8 Å². The molecule has 0 radical (unpaired) electrons. The lowest BCUT2D eigenvalue weighted by atomic mass is 9.99. The highest BCUT2D eigenvalue weighted by Crippen LogP contribution is 2.37. The first kappa shape index (κ1) is 17.5. The Morgan fingerprint density at radius 2 is 2.12 bits per heavy atom. The van der Waals surface area contributed by atoms with Gasteiger partial charge < -0.3 is 18.9 Å². The van der Waals surface area contributed by atoms with E-state index in [9.17, 15) is 0 Å². The van der Waals surface area contributed by atoms with E-state index in [2.05, 4.69) is 22.2 Å². The van der Waals surface area contributed by atoms with E-state index >= 15 is 0 Å². The molecule has 1 N–H and O–H groups in total. The number of benzene rings is 1. The molecule has 8 heteroatoms. The zero-order chi connectivity index (χ0) is 16.9. The summed E-state index contributed by atoms with van der Waals surface area (Å²) in [5.74, 6) is 0.813. The predicted molar refractivity (Wildman–Crippen MR) is 88.6 cm³/mol. The molecular formula is C16H22N3O4S+. The van der Waals surface area contributed by atoms with Gasteiger partial charge in [0, 0.05) is 12.9 Å². The van der Waals surface area contributed by atoms with E-state index in [-0.39, 0.29) is 23.7 Å². The number of rotatable bonds is 5. The van der Waals surface area contributed by atoms with Gasteiger partial charge in [-0.05, 0) is 12.5 Å². The van der Waals surface area contributed by atoms with Gasteiger partial charge in [0.2, 0.25) is 4.91 Å². The first-order valence-corrected chi connectivity index (χ1v) is 8.95. The van der Waals surface area contributed by atoms with Gasteiger partial charge in [0.25, 0.3) is 0 Å². The van der Waals surface area contributed by atoms with Gasteiger partial charge in [-0.3, -0.25) is 0 Å². The van der Waals surface area contributed by atoms with Crippen LogP contribution in [0.2, 0.25) is 0 Å². The third-order valence-corrected chi connectivity index (χ3v) is 5.60. The number of ether oxygens (including phenoxy) is 4. The van der Waals surface area contributed by atoms with Crippen LogP contribution in [0, 0.1) is 5.53 Å². The maximum atomic E-state index is 7.13. The molecule has 7 nitrogen and oxygen atoms in total. The summed E-state index contributed by atoms with van der Waals surface area (Å²) in [4.78, 5) is 3.23. The van der Waals surface area contributed by atoms with E-state index in [1.807, 2.05) is 25.1 Å². The number of methoxy groups -OCH3 is 1. The quantitative estimate of drug-likeness (QED) is 0.649. The average molecular weight is 352 g/mol. The van der Waals surface area contributed by atoms with Gasteiger partial charge in [0.15, 0.2) is 18.6 Å². The van der Waals surface area contributed by atoms with E-state index in [0.717, 1.165) is 5.75 Å². The summed E-state index contributed by atoms with van der Waals surface area (Å²) >= 11 is 1.73. The Morgan fingerprint density at radius 1 is 1.33 bits per heavy atom. The number of nitrogens with zero attached hydrogens (tertiary/aromatic N) is 2. The molecule has 1 aromatic carbocycles. The molecule has 3 rings (SSSR count). The second-order valence-corrected chi connectivity index (χ2v) is 6.91. The summed E-state index contributed by atoms with van der Waals surface area (Å²) in [5.41, 5.74) is 8.36. The minimum atomic E-state index is -0.561. The molecule has 2 aliphatic rings. The van der Waals surface area contributed by atoms with Gasteiger partial charge >= 0.3 is 0 Å². The van der Waals surface area contributed by atoms with Gasteiger partial charge in [-0.2, -0.15) is 0 Å². The van der Waals surface area contributed by atoms with Gasteiger partial charge in [-0.25, -0.2) is 0 Å². The average Bonchev–Trinajstić information content (AvgIpc) is 2.61. The molecule has 6 unspecified atom stereocenters. The van der Waals surface area contributed by atoms with Gasteiger partial charge in [-0.1, -0.05) is 30.3 Å². The number of hydrogen-bond donors (Lipinski definition) is 1. The monoisotopic (exact) mass is 352 g/mol. The number of nitrogens with one attached hydrogen (secondary N) is 1. The van der Waals surface area contributed by atoms with Crippen molar-refractivity contribution in [3.05, 3.63) is 35.9 Å². The molecule has 0 amide bonds. The summed E-state index contributed by atoms with van der Waals surface area (Å²) in [6.45, 7) is 2.33. The molecule has 6 atom stereocenters. The molecular weight excluding hydrogens is 330 g/mol. The molecule has 24 heavy (non-hydrogen) atoms. The molecule has 2 saturated heterocycles. The normalized spacial score (nSPS) is 35.8. The van der Waals surface area contributed by atoms with Crippen molar-refractivity contribution in [2.24, 2.45) is 5.11 Å². The zero-order valence-corrected chi connectivity index (χ0v) is 14.5. The molecule has 0 aromatic heterocycles. The topological polar surface area (TPSA) is 87.2 Å². The van der Waals surface area contributed by atoms with Crippen molar-refractivity contribution in [1.29, 1.82) is 5.53 Å². The molecule has 2 heterocycles. The number of fused-ring (bicyclic) bond motifs is 1. The van der Waals surface area contributed by atoms with Crippen LogP contribution >= 0.6 is 11.8 Å². The van der Waals surface area contributed by atoms with Crippen molar-refractivity contribution in [1.82, 2.24) is 4.91 Å². The first-order chi connectivity index (χ1) is 11.7. The van der Waals surface area contributed by atoms with Crippen molar-refractivity contribution < 1.29 is 18.9 Å². The molecule has 1 aromatic rings. The van der Waals surface area contributed by atoms with Crippen LogP contribution in [-0.2, 0) is 24.7 Å². The van der Waals surface area contributed by atoms with Crippen LogP contribution < -0.4 is 4.91 Å². The second kappa shape index (κ2) is 8.20. The summed E-state index contributed by atoms with van der Waals surface area (Å²) in [6.07, 6.45) is -1.24. The highest BCUT2D eigenvalue weighted by atomic mass is 32.2. The van der Waals surface area contributed by atoms with Crippen LogP contribution in [0.5, 0.6) is 0 Å². The minimum Gasteiger partial charge on any atom is -0.353 e. The largest absolute Gasteiger partial charge is 0.353 e. The zero-order valence-electron chi connectivity index (χ0n) is 13.7. The summed E-state index contributed by atoms with van der Waals surface area (Å²) in [6, 6.07) is 9.83. The molecule has 0 spiro atoms. The minimum absolute atomic E-state index is 0.0330. The molecule has 130 valence electrons. The lowest BCUT2D eigenvalue weighted by Crippen LogP contribution is -2.61. The molecule has 2 fully saturated rings. The molecule has 0 bridgehead atoms. The SMILES string of the molecule is COC1OC2COC(C)OC2C(SCc2ccccc2)C1N=[N+]=N. The highest BCUT2D eigenvalue weighted by molar-refractivity contribution is 7.99. The first-order valence-electron chi connectivity index (χ1n) is 7.90. The van der Waals surface area contributed by atoms with Crippen LogP contribution in [0.15, 0.2) is 35.4 Å². The molecule has 0 aliphatic carbocycles. The lowest BCUT2D eigenvalue weighted by Gasteiger charge is -2.45. The van der Waals surface area contributed by atoms with Gasteiger partial charge in [0.1, 0.15) is 22.9 Å². The lowest BCUT2D eigenvalue weighted by molar-refractivity contribution is -0.307. The van der Waals surface area contributed by atoms with E-state index in [4.69, 9.17) is 24.5 Å². The van der Waals surface area contributed by atoms with Crippen molar-refractivity contribution >= 4 is 11.8 Å². The maximum absolute atomic E-state index is 7.13. The Labute approximate surface area is 145 Å². The Kier molecular flexibility index (Phi) is 5.99. The number of hydrogen-bond acceptors (Lipinski definition) is 7.